The van der Waals surface area contributed by atoms with Crippen molar-refractivity contribution in [2.24, 2.45) is 0 Å². The van der Waals surface area contributed by atoms with Gasteiger partial charge in [-0.1, -0.05) is 12.1 Å². The molecule has 3 aromatic rings. The second kappa shape index (κ2) is 4.79. The molecule has 1 N–H and O–H groups in total. The maximum Gasteiger partial charge on any atom is 0.141 e. The minimum Gasteiger partial charge on any atom is -0.372 e. The molecule has 0 saturated carbocycles. The van der Waals surface area contributed by atoms with Gasteiger partial charge in [0.05, 0.1) is 42.8 Å². The van der Waals surface area contributed by atoms with Crippen LogP contribution in [0.25, 0.3) is 22.6 Å². The molecule has 0 aliphatic carbocycles. The third-order valence-electron chi connectivity index (χ3n) is 3.62. The highest BCUT2D eigenvalue weighted by molar-refractivity contribution is 5.76. The van der Waals surface area contributed by atoms with Crippen LogP contribution in [0.15, 0.2) is 42.9 Å². The van der Waals surface area contributed by atoms with Crippen LogP contribution in [0, 0.1) is 5.82 Å². The van der Waals surface area contributed by atoms with E-state index < -0.39 is 0 Å². The molecule has 0 amide bonds. The normalized spacial score (nSPS) is 13.4. The predicted molar refractivity (Wildman–Crippen MR) is 75.7 cm³/mol. The molecule has 104 valence electrons. The van der Waals surface area contributed by atoms with E-state index in [0.29, 0.717) is 18.9 Å². The molecule has 1 aromatic carbocycles. The van der Waals surface area contributed by atoms with E-state index in [-0.39, 0.29) is 5.82 Å². The lowest BCUT2D eigenvalue weighted by Gasteiger charge is -2.05. The van der Waals surface area contributed by atoms with E-state index in [1.165, 1.54) is 23.4 Å². The van der Waals surface area contributed by atoms with Crippen molar-refractivity contribution in [3.05, 3.63) is 59.8 Å². The van der Waals surface area contributed by atoms with Crippen LogP contribution >= 0.6 is 0 Å². The highest BCUT2D eigenvalue weighted by Gasteiger charge is 2.16. The maximum atomic E-state index is 13.0. The Morgan fingerprint density at radius 3 is 2.81 bits per heavy atom. The van der Waals surface area contributed by atoms with E-state index in [1.54, 1.807) is 12.4 Å². The molecule has 4 rings (SSSR count). The van der Waals surface area contributed by atoms with Crippen LogP contribution in [0.3, 0.4) is 0 Å². The van der Waals surface area contributed by atoms with Gasteiger partial charge in [0.2, 0.25) is 0 Å². The van der Waals surface area contributed by atoms with Gasteiger partial charge in [-0.15, -0.1) is 0 Å². The molecule has 2 aromatic heterocycles. The highest BCUT2D eigenvalue weighted by Crippen LogP contribution is 2.31. The number of nitrogens with one attached hydrogen (secondary N) is 1. The number of hydrogen-bond acceptors (Lipinski definition) is 3. The largest absolute Gasteiger partial charge is 0.372 e. The van der Waals surface area contributed by atoms with Gasteiger partial charge in [0.25, 0.3) is 0 Å². The Kier molecular flexibility index (Phi) is 2.79. The molecule has 0 unspecified atom stereocenters. The summed E-state index contributed by atoms with van der Waals surface area (Å²) in [6.45, 7) is 1.31. The molecule has 0 spiro atoms. The van der Waals surface area contributed by atoms with Crippen molar-refractivity contribution >= 4 is 0 Å². The third kappa shape index (κ3) is 2.11. The number of ether oxygens (including phenoxy) is 1. The van der Waals surface area contributed by atoms with Crippen LogP contribution in [-0.4, -0.2) is 15.0 Å². The minimum absolute atomic E-state index is 0.352. The van der Waals surface area contributed by atoms with Crippen molar-refractivity contribution in [2.45, 2.75) is 13.2 Å². The standard InChI is InChI=1S/C16H12FN3O/c17-13-3-4-14(18-6-13)16-15(19-9-20-16)10-1-2-11-7-21-8-12(11)5-10/h1-6,9H,7-8H2,(H,19,20). The molecule has 0 atom stereocenters. The van der Waals surface area contributed by atoms with E-state index in [4.69, 9.17) is 4.74 Å². The van der Waals surface area contributed by atoms with E-state index in [9.17, 15) is 4.39 Å². The van der Waals surface area contributed by atoms with Gasteiger partial charge in [-0.25, -0.2) is 9.37 Å². The zero-order chi connectivity index (χ0) is 14.2. The number of fused-ring (bicyclic) bond motifs is 1. The van der Waals surface area contributed by atoms with Crippen molar-refractivity contribution in [1.82, 2.24) is 15.0 Å². The van der Waals surface area contributed by atoms with Gasteiger partial charge in [-0.3, -0.25) is 4.98 Å². The Labute approximate surface area is 120 Å². The lowest BCUT2D eigenvalue weighted by molar-refractivity contribution is 0.134. The molecule has 0 fully saturated rings. The zero-order valence-corrected chi connectivity index (χ0v) is 11.1. The summed E-state index contributed by atoms with van der Waals surface area (Å²) in [7, 11) is 0. The summed E-state index contributed by atoms with van der Waals surface area (Å²) < 4.78 is 18.4. The monoisotopic (exact) mass is 281 g/mol. The fourth-order valence-corrected chi connectivity index (χ4v) is 2.55. The van der Waals surface area contributed by atoms with E-state index in [0.717, 1.165) is 17.0 Å². The molecular weight excluding hydrogens is 269 g/mol. The van der Waals surface area contributed by atoms with Crippen LogP contribution in [-0.2, 0) is 18.0 Å². The fourth-order valence-electron chi connectivity index (χ4n) is 2.55. The number of benzene rings is 1. The van der Waals surface area contributed by atoms with Gasteiger partial charge in [0.15, 0.2) is 0 Å². The summed E-state index contributed by atoms with van der Waals surface area (Å²) in [5, 5.41) is 0. The molecule has 21 heavy (non-hydrogen) atoms. The number of pyridine rings is 1. The first-order chi connectivity index (χ1) is 10.3. The van der Waals surface area contributed by atoms with Gasteiger partial charge in [-0.05, 0) is 29.3 Å². The molecule has 1 aliphatic heterocycles. The molecule has 4 nitrogen and oxygen atoms in total. The van der Waals surface area contributed by atoms with Crippen LogP contribution in [0.2, 0.25) is 0 Å². The molecule has 0 radical (unpaired) electrons. The topological polar surface area (TPSA) is 50.8 Å². The van der Waals surface area contributed by atoms with Gasteiger partial charge in [0, 0.05) is 5.56 Å². The van der Waals surface area contributed by atoms with Crippen LogP contribution in [0.1, 0.15) is 11.1 Å². The van der Waals surface area contributed by atoms with Crippen LogP contribution < -0.4 is 0 Å². The van der Waals surface area contributed by atoms with Crippen molar-refractivity contribution in [3.63, 3.8) is 0 Å². The summed E-state index contributed by atoms with van der Waals surface area (Å²) >= 11 is 0. The second-order valence-electron chi connectivity index (χ2n) is 4.96. The molecular formula is C16H12FN3O. The molecule has 5 heteroatoms. The maximum absolute atomic E-state index is 13.0. The van der Waals surface area contributed by atoms with Gasteiger partial charge in [0.1, 0.15) is 5.82 Å². The van der Waals surface area contributed by atoms with Crippen molar-refractivity contribution in [2.75, 3.05) is 0 Å². The van der Waals surface area contributed by atoms with E-state index in [2.05, 4.69) is 27.1 Å². The van der Waals surface area contributed by atoms with Gasteiger partial charge in [-0.2, -0.15) is 0 Å². The fraction of sp³-hybridized carbons (Fsp3) is 0.125. The Hall–Kier alpha value is -2.53. The van der Waals surface area contributed by atoms with Crippen molar-refractivity contribution in [1.29, 1.82) is 0 Å². The van der Waals surface area contributed by atoms with Crippen molar-refractivity contribution in [3.8, 4) is 22.6 Å². The van der Waals surface area contributed by atoms with E-state index >= 15 is 0 Å². The number of aromatic amines is 1. The average molecular weight is 281 g/mol. The summed E-state index contributed by atoms with van der Waals surface area (Å²) in [5.74, 6) is -0.352. The Bertz CT molecular complexity index is 796. The first-order valence-corrected chi connectivity index (χ1v) is 6.66. The number of H-pyrrole nitrogens is 1. The lowest BCUT2D eigenvalue weighted by Crippen LogP contribution is -1.90. The number of rotatable bonds is 2. The van der Waals surface area contributed by atoms with Crippen LogP contribution in [0.4, 0.5) is 4.39 Å². The number of aromatic nitrogens is 3. The lowest BCUT2D eigenvalue weighted by atomic mass is 10.0. The smallest absolute Gasteiger partial charge is 0.141 e. The summed E-state index contributed by atoms with van der Waals surface area (Å²) in [6.07, 6.45) is 2.83. The Balaban J connectivity index is 1.80. The van der Waals surface area contributed by atoms with Gasteiger partial charge >= 0.3 is 0 Å². The predicted octanol–water partition coefficient (Wildman–Crippen LogP) is 3.31. The zero-order valence-electron chi connectivity index (χ0n) is 11.1. The number of halogens is 1. The highest BCUT2D eigenvalue weighted by atomic mass is 19.1. The summed E-state index contributed by atoms with van der Waals surface area (Å²) in [6, 6.07) is 9.21. The van der Waals surface area contributed by atoms with Gasteiger partial charge < -0.3 is 9.72 Å². The molecule has 3 heterocycles. The number of hydrogen-bond donors (Lipinski definition) is 1. The van der Waals surface area contributed by atoms with Crippen molar-refractivity contribution < 1.29 is 9.13 Å². The summed E-state index contributed by atoms with van der Waals surface area (Å²) in [5.41, 5.74) is 5.67. The Morgan fingerprint density at radius 2 is 1.95 bits per heavy atom. The summed E-state index contributed by atoms with van der Waals surface area (Å²) in [4.78, 5) is 11.6. The number of imidazole rings is 1. The quantitative estimate of drug-likeness (QED) is 0.784. The van der Waals surface area contributed by atoms with Crippen LogP contribution in [0.5, 0.6) is 0 Å². The second-order valence-corrected chi connectivity index (χ2v) is 4.96. The number of nitrogens with zero attached hydrogens (tertiary/aromatic N) is 2. The molecule has 0 saturated heterocycles. The first-order valence-electron chi connectivity index (χ1n) is 6.66. The molecule has 1 aliphatic rings. The third-order valence-corrected chi connectivity index (χ3v) is 3.62. The Morgan fingerprint density at radius 1 is 1.05 bits per heavy atom. The SMILES string of the molecule is Fc1ccc(-c2[nH]cnc2-c2ccc3c(c2)COC3)nc1. The first kappa shape index (κ1) is 12.2. The average Bonchev–Trinajstić information content (AvgIpc) is 3.16. The molecule has 0 bridgehead atoms. The van der Waals surface area contributed by atoms with E-state index in [1.807, 2.05) is 6.07 Å². The minimum atomic E-state index is -0.352.